The Kier molecular flexibility index (Phi) is 5.73. The van der Waals surface area contributed by atoms with Crippen LogP contribution in [-0.4, -0.2) is 23.8 Å². The first-order valence-corrected chi connectivity index (χ1v) is 14.1. The molecule has 0 bridgehead atoms. The van der Waals surface area contributed by atoms with Crippen molar-refractivity contribution >= 4 is 0 Å². The van der Waals surface area contributed by atoms with E-state index in [-0.39, 0.29) is 5.54 Å². The van der Waals surface area contributed by atoms with Gasteiger partial charge in [-0.25, -0.2) is 0 Å². The molecule has 3 saturated carbocycles. The maximum absolute atomic E-state index is 10.1. The average Bonchev–Trinajstić information content (AvgIpc) is 2.88. The van der Waals surface area contributed by atoms with Crippen LogP contribution in [0.2, 0.25) is 0 Å². The van der Waals surface area contributed by atoms with Gasteiger partial charge in [0, 0.05) is 12.1 Å². The number of nitrogens with one attached hydrogen (secondary N) is 1. The van der Waals surface area contributed by atoms with Crippen LogP contribution in [0.3, 0.4) is 0 Å². The number of rotatable bonds is 2. The zero-order valence-electron chi connectivity index (χ0n) is 22.0. The van der Waals surface area contributed by atoms with Crippen molar-refractivity contribution in [3.8, 4) is 0 Å². The van der Waals surface area contributed by atoms with E-state index in [1.54, 1.807) is 5.57 Å². The molecular weight excluding hydrogens is 390 g/mol. The summed E-state index contributed by atoms with van der Waals surface area (Å²) >= 11 is 0. The molecule has 182 valence electrons. The molecule has 4 fully saturated rings. The van der Waals surface area contributed by atoms with Crippen LogP contribution in [0.25, 0.3) is 0 Å². The monoisotopic (exact) mass is 441 g/mol. The Morgan fingerprint density at radius 2 is 1.75 bits per heavy atom. The van der Waals surface area contributed by atoms with Crippen LogP contribution in [0.1, 0.15) is 106 Å². The maximum Gasteiger partial charge on any atom is 0.0459 e. The molecule has 2 N–H and O–H groups in total. The summed E-state index contributed by atoms with van der Waals surface area (Å²) in [6.07, 6.45) is 16.3. The summed E-state index contributed by atoms with van der Waals surface area (Å²) in [5.41, 5.74) is 3.41. The van der Waals surface area contributed by atoms with E-state index in [0.717, 1.165) is 23.7 Å². The Balaban J connectivity index is 1.53. The molecule has 0 aromatic rings. The van der Waals surface area contributed by atoms with E-state index in [4.69, 9.17) is 0 Å². The number of fused-ring (bicyclic) bond motifs is 7. The smallest absolute Gasteiger partial charge is 0.0459 e. The highest BCUT2D eigenvalue weighted by molar-refractivity contribution is 5.24. The molecule has 0 spiro atoms. The van der Waals surface area contributed by atoms with E-state index < -0.39 is 0 Å². The largest absolute Gasteiger partial charge is 0.396 e. The van der Waals surface area contributed by atoms with E-state index in [0.29, 0.717) is 34.7 Å². The van der Waals surface area contributed by atoms with Crippen molar-refractivity contribution in [2.75, 3.05) is 13.2 Å². The second kappa shape index (κ2) is 7.84. The van der Waals surface area contributed by atoms with Crippen LogP contribution in [0.15, 0.2) is 11.6 Å². The predicted octanol–water partition coefficient (Wildman–Crippen LogP) is 6.98. The highest BCUT2D eigenvalue weighted by atomic mass is 16.3. The fraction of sp³-hybridized carbons (Fsp3) is 0.933. The topological polar surface area (TPSA) is 32.3 Å². The zero-order valence-corrected chi connectivity index (χ0v) is 22.0. The Bertz CT molecular complexity index is 756. The molecule has 0 unspecified atom stereocenters. The standard InChI is InChI=1S/C30H51NO/c1-20(19-32)22-10-7-9-21-13-16-29(5)23(26(21)22)11-12-25-28(4)15-8-18-31-27(2,3)24(28)14-17-30(25,29)6/h9,20,22-26,31-32H,7-8,10-19H2,1-6H3/t20-,22-,23+,24-,25+,26+,28-,29+,30+/m0/s1. The van der Waals surface area contributed by atoms with Crippen LogP contribution in [0, 0.1) is 51.8 Å². The third kappa shape index (κ3) is 3.10. The van der Waals surface area contributed by atoms with Gasteiger partial charge >= 0.3 is 0 Å². The molecule has 0 radical (unpaired) electrons. The van der Waals surface area contributed by atoms with Gasteiger partial charge in [0.25, 0.3) is 0 Å². The van der Waals surface area contributed by atoms with Crippen LogP contribution in [0.5, 0.6) is 0 Å². The Labute approximate surface area is 198 Å². The summed E-state index contributed by atoms with van der Waals surface area (Å²) in [5.74, 6) is 4.35. The van der Waals surface area contributed by atoms with Crippen molar-refractivity contribution in [2.24, 2.45) is 51.8 Å². The highest BCUT2D eigenvalue weighted by Crippen LogP contribution is 2.74. The molecular formula is C30H51NO. The van der Waals surface area contributed by atoms with Crippen LogP contribution >= 0.6 is 0 Å². The Morgan fingerprint density at radius 3 is 2.50 bits per heavy atom. The summed E-state index contributed by atoms with van der Waals surface area (Å²) in [5, 5.41) is 14.0. The minimum absolute atomic E-state index is 0.262. The molecule has 0 aromatic carbocycles. The number of aliphatic hydroxyl groups is 1. The molecule has 0 aromatic heterocycles. The summed E-state index contributed by atoms with van der Waals surface area (Å²) < 4.78 is 0. The lowest BCUT2D eigenvalue weighted by Gasteiger charge is -2.71. The SMILES string of the molecule is C[C@@H](CO)[C@@H]1CCC=C2CC[C@]3(C)[C@H](CC[C@@H]4[C@@]5(C)CCCNC(C)(C)[C@@H]5CC[C@]43C)[C@H]21. The molecule has 2 heteroatoms. The van der Waals surface area contributed by atoms with Gasteiger partial charge in [0.1, 0.15) is 0 Å². The van der Waals surface area contributed by atoms with Crippen molar-refractivity contribution in [2.45, 2.75) is 111 Å². The van der Waals surface area contributed by atoms with Gasteiger partial charge in [-0.05, 0) is 136 Å². The minimum Gasteiger partial charge on any atom is -0.396 e. The number of hydrogen-bond donors (Lipinski definition) is 2. The predicted molar refractivity (Wildman–Crippen MR) is 134 cm³/mol. The van der Waals surface area contributed by atoms with E-state index in [1.807, 2.05) is 0 Å². The molecule has 1 heterocycles. The Morgan fingerprint density at radius 1 is 0.969 bits per heavy atom. The first-order chi connectivity index (χ1) is 15.1. The van der Waals surface area contributed by atoms with Crippen LogP contribution in [0.4, 0.5) is 0 Å². The van der Waals surface area contributed by atoms with Gasteiger partial charge in [-0.3, -0.25) is 0 Å². The van der Waals surface area contributed by atoms with Gasteiger partial charge in [0.15, 0.2) is 0 Å². The normalized spacial score (nSPS) is 51.2. The summed E-state index contributed by atoms with van der Waals surface area (Å²) in [7, 11) is 0. The zero-order chi connectivity index (χ0) is 22.9. The third-order valence-electron chi connectivity index (χ3n) is 12.7. The second-order valence-corrected chi connectivity index (χ2v) is 14.1. The Hall–Kier alpha value is -0.340. The van der Waals surface area contributed by atoms with E-state index in [9.17, 15) is 5.11 Å². The molecule has 32 heavy (non-hydrogen) atoms. The maximum atomic E-state index is 10.1. The lowest BCUT2D eigenvalue weighted by Crippen LogP contribution is -2.65. The van der Waals surface area contributed by atoms with Crippen molar-refractivity contribution in [1.29, 1.82) is 0 Å². The molecule has 5 aliphatic rings. The molecule has 2 nitrogen and oxygen atoms in total. The molecule has 1 aliphatic heterocycles. The van der Waals surface area contributed by atoms with Gasteiger partial charge in [-0.1, -0.05) is 39.3 Å². The number of allylic oxidation sites excluding steroid dienone is 2. The lowest BCUT2D eigenvalue weighted by molar-refractivity contribution is -0.206. The van der Waals surface area contributed by atoms with E-state index in [1.165, 1.54) is 70.8 Å². The van der Waals surface area contributed by atoms with Crippen molar-refractivity contribution < 1.29 is 5.11 Å². The highest BCUT2D eigenvalue weighted by Gasteiger charge is 2.67. The van der Waals surface area contributed by atoms with Crippen LogP contribution in [-0.2, 0) is 0 Å². The van der Waals surface area contributed by atoms with E-state index >= 15 is 0 Å². The van der Waals surface area contributed by atoms with Gasteiger partial charge < -0.3 is 10.4 Å². The summed E-state index contributed by atoms with van der Waals surface area (Å²) in [6, 6.07) is 0. The van der Waals surface area contributed by atoms with Gasteiger partial charge in [-0.15, -0.1) is 0 Å². The quantitative estimate of drug-likeness (QED) is 0.453. The average molecular weight is 442 g/mol. The molecule has 0 amide bonds. The van der Waals surface area contributed by atoms with Crippen molar-refractivity contribution in [3.05, 3.63) is 11.6 Å². The van der Waals surface area contributed by atoms with E-state index in [2.05, 4.69) is 52.9 Å². The van der Waals surface area contributed by atoms with Crippen molar-refractivity contribution in [1.82, 2.24) is 5.32 Å². The third-order valence-corrected chi connectivity index (χ3v) is 12.7. The molecule has 4 aliphatic carbocycles. The minimum atomic E-state index is 0.262. The van der Waals surface area contributed by atoms with Crippen molar-refractivity contribution in [3.63, 3.8) is 0 Å². The number of hydrogen-bond acceptors (Lipinski definition) is 2. The van der Waals surface area contributed by atoms with Gasteiger partial charge in [0.2, 0.25) is 0 Å². The summed E-state index contributed by atoms with van der Waals surface area (Å²) in [4.78, 5) is 0. The first-order valence-electron chi connectivity index (χ1n) is 14.1. The molecule has 1 saturated heterocycles. The fourth-order valence-corrected chi connectivity index (χ4v) is 11.0. The molecule has 9 atom stereocenters. The molecule has 5 rings (SSSR count). The second-order valence-electron chi connectivity index (χ2n) is 14.1. The fourth-order valence-electron chi connectivity index (χ4n) is 11.0. The van der Waals surface area contributed by atoms with Crippen LogP contribution < -0.4 is 5.32 Å². The number of aliphatic hydroxyl groups excluding tert-OH is 1. The lowest BCUT2D eigenvalue weighted by atomic mass is 9.34. The first kappa shape index (κ1) is 23.4. The van der Waals surface area contributed by atoms with Gasteiger partial charge in [0.05, 0.1) is 0 Å². The summed E-state index contributed by atoms with van der Waals surface area (Å²) in [6.45, 7) is 17.1. The van der Waals surface area contributed by atoms with Gasteiger partial charge in [-0.2, -0.15) is 0 Å².